The van der Waals surface area contributed by atoms with Crippen molar-refractivity contribution in [2.24, 2.45) is 0 Å². The minimum atomic E-state index is -4.47. The fourth-order valence-corrected chi connectivity index (χ4v) is 1.52. The van der Waals surface area contributed by atoms with Gasteiger partial charge in [-0.05, 0) is 13.0 Å². The van der Waals surface area contributed by atoms with Gasteiger partial charge in [-0.1, -0.05) is 0 Å². The highest BCUT2D eigenvalue weighted by Gasteiger charge is 2.27. The van der Waals surface area contributed by atoms with E-state index < -0.39 is 34.6 Å². The maximum absolute atomic E-state index is 10.9. The molecule has 0 aliphatic rings. The van der Waals surface area contributed by atoms with E-state index in [0.717, 1.165) is 19.1 Å². The average Bonchev–Trinajstić information content (AvgIpc) is 2.27. The lowest BCUT2D eigenvalue weighted by Crippen LogP contribution is -2.16. The highest BCUT2D eigenvalue weighted by atomic mass is 31.2. The van der Waals surface area contributed by atoms with Crippen LogP contribution in [0.25, 0.3) is 0 Å². The largest absolute Gasteiger partial charge is 0.366 e. The molecule has 1 unspecified atom stereocenters. The van der Waals surface area contributed by atoms with Crippen molar-refractivity contribution in [1.82, 2.24) is 0 Å². The number of benzene rings is 1. The van der Waals surface area contributed by atoms with Crippen molar-refractivity contribution in [2.45, 2.75) is 12.7 Å². The molecular formula is C8H10N3O7P. The number of non-ortho nitro benzene ring substituents is 1. The Morgan fingerprint density at radius 1 is 1.26 bits per heavy atom. The van der Waals surface area contributed by atoms with Crippen LogP contribution in [-0.4, -0.2) is 25.4 Å². The summed E-state index contributed by atoms with van der Waals surface area (Å²) >= 11 is 0. The zero-order chi connectivity index (χ0) is 14.8. The Hall–Kier alpha value is -2.03. The zero-order valence-corrected chi connectivity index (χ0v) is 10.5. The number of hydrogen-bond acceptors (Lipinski definition) is 6. The van der Waals surface area contributed by atoms with Crippen molar-refractivity contribution in [1.29, 1.82) is 0 Å². The number of anilines is 1. The van der Waals surface area contributed by atoms with Crippen LogP contribution in [0.3, 0.4) is 0 Å². The van der Waals surface area contributed by atoms with E-state index in [-0.39, 0.29) is 5.69 Å². The lowest BCUT2D eigenvalue weighted by atomic mass is 10.2. The monoisotopic (exact) mass is 291 g/mol. The molecule has 0 saturated heterocycles. The molecule has 0 aliphatic heterocycles. The summed E-state index contributed by atoms with van der Waals surface area (Å²) in [4.78, 5) is 37.4. The van der Waals surface area contributed by atoms with Gasteiger partial charge in [0.1, 0.15) is 11.5 Å². The molecule has 0 aromatic heterocycles. The number of hydrogen-bond donors (Lipinski definition) is 3. The van der Waals surface area contributed by atoms with Gasteiger partial charge in [0.2, 0.25) is 0 Å². The second-order valence-electron chi connectivity index (χ2n) is 3.63. The minimum Gasteiger partial charge on any atom is -0.366 e. The third-order valence-corrected chi connectivity index (χ3v) is 3.40. The van der Waals surface area contributed by atoms with Gasteiger partial charge in [-0.3, -0.25) is 24.8 Å². The van der Waals surface area contributed by atoms with Crippen molar-refractivity contribution in [3.05, 3.63) is 38.4 Å². The Bertz CT molecular complexity index is 569. The molecule has 1 aromatic carbocycles. The summed E-state index contributed by atoms with van der Waals surface area (Å²) in [5.74, 6) is -1.35. The third kappa shape index (κ3) is 3.71. The Labute approximate surface area is 106 Å². The Kier molecular flexibility index (Phi) is 4.20. The SMILES string of the molecule is CC(Nc1ccc([N+](=O)[O-])cc1[N+](=O)[O-])P(=O)(O)O. The van der Waals surface area contributed by atoms with E-state index in [2.05, 4.69) is 5.32 Å². The van der Waals surface area contributed by atoms with Crippen LogP contribution in [-0.2, 0) is 4.57 Å². The van der Waals surface area contributed by atoms with Crippen LogP contribution >= 0.6 is 7.60 Å². The van der Waals surface area contributed by atoms with E-state index in [1.54, 1.807) is 0 Å². The summed E-state index contributed by atoms with van der Waals surface area (Å²) in [7, 11) is -4.47. The molecule has 3 N–H and O–H groups in total. The molecule has 0 heterocycles. The smallest absolute Gasteiger partial charge is 0.347 e. The second-order valence-corrected chi connectivity index (χ2v) is 5.58. The quantitative estimate of drug-likeness (QED) is 0.418. The Morgan fingerprint density at radius 2 is 1.84 bits per heavy atom. The van der Waals surface area contributed by atoms with Crippen molar-refractivity contribution >= 4 is 24.7 Å². The predicted octanol–water partition coefficient (Wildman–Crippen LogP) is 1.44. The molecule has 0 spiro atoms. The Morgan fingerprint density at radius 3 is 2.26 bits per heavy atom. The molecule has 10 nitrogen and oxygen atoms in total. The molecular weight excluding hydrogens is 281 g/mol. The average molecular weight is 291 g/mol. The highest BCUT2D eigenvalue weighted by molar-refractivity contribution is 7.52. The van der Waals surface area contributed by atoms with E-state index in [1.807, 2.05) is 0 Å². The maximum atomic E-state index is 10.9. The summed E-state index contributed by atoms with van der Waals surface area (Å²) in [5.41, 5.74) is -1.32. The van der Waals surface area contributed by atoms with Crippen LogP contribution in [0.15, 0.2) is 18.2 Å². The number of nitrogens with zero attached hydrogens (tertiary/aromatic N) is 2. The molecule has 1 atom stereocenters. The summed E-state index contributed by atoms with van der Waals surface area (Å²) in [6, 6.07) is 2.75. The van der Waals surface area contributed by atoms with Crippen molar-refractivity contribution in [3.63, 3.8) is 0 Å². The van der Waals surface area contributed by atoms with Gasteiger partial charge < -0.3 is 15.1 Å². The van der Waals surface area contributed by atoms with Crippen molar-refractivity contribution < 1.29 is 24.2 Å². The van der Waals surface area contributed by atoms with Crippen molar-refractivity contribution in [3.8, 4) is 0 Å². The molecule has 1 aromatic rings. The third-order valence-electron chi connectivity index (χ3n) is 2.26. The highest BCUT2D eigenvalue weighted by Crippen LogP contribution is 2.42. The van der Waals surface area contributed by atoms with Gasteiger partial charge in [-0.25, -0.2) is 0 Å². The zero-order valence-electron chi connectivity index (χ0n) is 9.59. The van der Waals surface area contributed by atoms with Gasteiger partial charge >= 0.3 is 7.60 Å². The summed E-state index contributed by atoms with van der Waals surface area (Å²) in [6.07, 6.45) is 0. The van der Waals surface area contributed by atoms with E-state index in [4.69, 9.17) is 9.79 Å². The number of nitro benzene ring substituents is 2. The topological polar surface area (TPSA) is 156 Å². The minimum absolute atomic E-state index is 0.202. The van der Waals surface area contributed by atoms with Crippen LogP contribution < -0.4 is 5.32 Å². The predicted molar refractivity (Wildman–Crippen MR) is 64.9 cm³/mol. The summed E-state index contributed by atoms with van der Waals surface area (Å²) in [6.45, 7) is 1.14. The second kappa shape index (κ2) is 5.31. The Balaban J connectivity index is 3.18. The molecule has 0 bridgehead atoms. The standard InChI is InChI=1S/C8H10N3O7P/c1-5(19(16,17)18)9-7-3-2-6(10(12)13)4-8(7)11(14)15/h2-5,9H,1H3,(H2,16,17,18). The molecule has 11 heteroatoms. The summed E-state index contributed by atoms with van der Waals surface area (Å²) < 4.78 is 10.9. The number of nitrogens with one attached hydrogen (secondary N) is 1. The molecule has 0 aliphatic carbocycles. The first kappa shape index (κ1) is 15.0. The van der Waals surface area contributed by atoms with Gasteiger partial charge in [-0.2, -0.15) is 0 Å². The molecule has 19 heavy (non-hydrogen) atoms. The van der Waals surface area contributed by atoms with Gasteiger partial charge in [0.25, 0.3) is 11.4 Å². The molecule has 1 rings (SSSR count). The first-order valence-electron chi connectivity index (χ1n) is 4.87. The molecule has 0 radical (unpaired) electrons. The lowest BCUT2D eigenvalue weighted by molar-refractivity contribution is -0.393. The molecule has 0 amide bonds. The van der Waals surface area contributed by atoms with Crippen molar-refractivity contribution in [2.75, 3.05) is 5.32 Å². The van der Waals surface area contributed by atoms with Crippen LogP contribution in [0.5, 0.6) is 0 Å². The van der Waals surface area contributed by atoms with Gasteiger partial charge in [-0.15, -0.1) is 0 Å². The van der Waals surface area contributed by atoms with E-state index >= 15 is 0 Å². The molecule has 0 fully saturated rings. The fourth-order valence-electron chi connectivity index (χ4n) is 1.22. The number of nitro groups is 2. The first-order chi connectivity index (χ1) is 8.62. The first-order valence-corrected chi connectivity index (χ1v) is 6.55. The normalized spacial score (nSPS) is 12.8. The van der Waals surface area contributed by atoms with Gasteiger partial charge in [0.15, 0.2) is 0 Å². The van der Waals surface area contributed by atoms with Crippen LogP contribution in [0, 0.1) is 20.2 Å². The summed E-state index contributed by atoms with van der Waals surface area (Å²) in [5, 5.41) is 23.6. The van der Waals surface area contributed by atoms with E-state index in [0.29, 0.717) is 6.07 Å². The van der Waals surface area contributed by atoms with E-state index in [1.165, 1.54) is 0 Å². The van der Waals surface area contributed by atoms with E-state index in [9.17, 15) is 24.8 Å². The molecule has 104 valence electrons. The molecule has 0 saturated carbocycles. The number of rotatable bonds is 5. The van der Waals surface area contributed by atoms with Crippen LogP contribution in [0.2, 0.25) is 0 Å². The van der Waals surface area contributed by atoms with Crippen LogP contribution in [0.1, 0.15) is 6.92 Å². The lowest BCUT2D eigenvalue weighted by Gasteiger charge is -2.16. The van der Waals surface area contributed by atoms with Gasteiger partial charge in [0.05, 0.1) is 15.9 Å². The van der Waals surface area contributed by atoms with Crippen LogP contribution in [0.4, 0.5) is 17.1 Å². The van der Waals surface area contributed by atoms with Gasteiger partial charge in [0, 0.05) is 6.07 Å². The maximum Gasteiger partial charge on any atom is 0.347 e. The fraction of sp³-hybridized carbons (Fsp3) is 0.250.